The zero-order chi connectivity index (χ0) is 20.1. The van der Waals surface area contributed by atoms with Gasteiger partial charge in [-0.15, -0.1) is 11.8 Å². The molecule has 150 valence electrons. The summed E-state index contributed by atoms with van der Waals surface area (Å²) in [5.74, 6) is -0.140. The third-order valence-corrected chi connectivity index (χ3v) is 7.64. The number of benzene rings is 2. The summed E-state index contributed by atoms with van der Waals surface area (Å²) in [4.78, 5) is 14.8. The van der Waals surface area contributed by atoms with Gasteiger partial charge >= 0.3 is 0 Å². The van der Waals surface area contributed by atoms with Gasteiger partial charge in [0, 0.05) is 48.3 Å². The molecular formula is C19H20ClFN2O3S2. The van der Waals surface area contributed by atoms with E-state index < -0.39 is 15.8 Å². The Balaban J connectivity index is 1.50. The highest BCUT2D eigenvalue weighted by molar-refractivity contribution is 7.99. The molecule has 0 aliphatic carbocycles. The van der Waals surface area contributed by atoms with Crippen molar-refractivity contribution >= 4 is 39.3 Å². The molecule has 5 nitrogen and oxygen atoms in total. The highest BCUT2D eigenvalue weighted by Gasteiger charge is 2.31. The average molecular weight is 443 g/mol. The Morgan fingerprint density at radius 2 is 1.68 bits per heavy atom. The van der Waals surface area contributed by atoms with Crippen molar-refractivity contribution in [3.63, 3.8) is 0 Å². The minimum absolute atomic E-state index is 0.00981. The van der Waals surface area contributed by atoms with Crippen LogP contribution in [0.5, 0.6) is 0 Å². The third kappa shape index (κ3) is 5.05. The number of piperazine rings is 1. The van der Waals surface area contributed by atoms with Gasteiger partial charge in [0.05, 0.1) is 0 Å². The summed E-state index contributed by atoms with van der Waals surface area (Å²) in [5, 5.41) is 0.670. The van der Waals surface area contributed by atoms with Crippen molar-refractivity contribution in [2.75, 3.05) is 31.9 Å². The molecule has 0 bridgehead atoms. The number of thioether (sulfide) groups is 1. The first-order valence-corrected chi connectivity index (χ1v) is 11.6. The summed E-state index contributed by atoms with van der Waals surface area (Å²) in [6, 6.07) is 12.8. The van der Waals surface area contributed by atoms with Crippen molar-refractivity contribution < 1.29 is 17.6 Å². The summed E-state index contributed by atoms with van der Waals surface area (Å²) in [7, 11) is -3.89. The number of rotatable bonds is 6. The van der Waals surface area contributed by atoms with Gasteiger partial charge in [-0.1, -0.05) is 23.7 Å². The largest absolute Gasteiger partial charge is 0.340 e. The highest BCUT2D eigenvalue weighted by atomic mass is 35.5. The molecule has 0 unspecified atom stereocenters. The second-order valence-corrected chi connectivity index (χ2v) is 9.78. The van der Waals surface area contributed by atoms with Crippen LogP contribution in [0.1, 0.15) is 6.42 Å². The van der Waals surface area contributed by atoms with Crippen LogP contribution in [0.25, 0.3) is 0 Å². The number of sulfonamides is 1. The maximum atomic E-state index is 13.9. The standard InChI is InChI=1S/C19H20ClFN2O3S2/c20-15-5-7-16(8-6-15)27-14-9-19(24)22-10-12-23(13-11-22)28(25,26)18-4-2-1-3-17(18)21/h1-8H,9-14H2. The van der Waals surface area contributed by atoms with Crippen LogP contribution in [0, 0.1) is 5.82 Å². The Bertz CT molecular complexity index is 930. The van der Waals surface area contributed by atoms with Gasteiger partial charge in [-0.2, -0.15) is 4.31 Å². The van der Waals surface area contributed by atoms with Gasteiger partial charge in [0.25, 0.3) is 0 Å². The van der Waals surface area contributed by atoms with Crippen LogP contribution in [0.4, 0.5) is 4.39 Å². The predicted molar refractivity (Wildman–Crippen MR) is 109 cm³/mol. The average Bonchev–Trinajstić information content (AvgIpc) is 2.69. The van der Waals surface area contributed by atoms with Crippen molar-refractivity contribution in [3.05, 3.63) is 59.4 Å². The Hall–Kier alpha value is -1.61. The fraction of sp³-hybridized carbons (Fsp3) is 0.316. The number of amides is 1. The maximum absolute atomic E-state index is 13.9. The minimum atomic E-state index is -3.89. The van der Waals surface area contributed by atoms with Crippen molar-refractivity contribution in [1.82, 2.24) is 9.21 Å². The molecule has 0 radical (unpaired) electrons. The molecule has 1 amide bonds. The number of hydrogen-bond donors (Lipinski definition) is 0. The molecule has 0 saturated carbocycles. The van der Waals surface area contributed by atoms with Crippen LogP contribution < -0.4 is 0 Å². The van der Waals surface area contributed by atoms with Crippen LogP contribution in [-0.2, 0) is 14.8 Å². The number of hydrogen-bond acceptors (Lipinski definition) is 4. The molecule has 1 heterocycles. The minimum Gasteiger partial charge on any atom is -0.340 e. The van der Waals surface area contributed by atoms with E-state index in [1.807, 2.05) is 12.1 Å². The van der Waals surface area contributed by atoms with E-state index in [1.54, 1.807) is 28.8 Å². The first kappa shape index (κ1) is 21.1. The monoisotopic (exact) mass is 442 g/mol. The van der Waals surface area contributed by atoms with E-state index in [0.29, 0.717) is 30.3 Å². The lowest BCUT2D eigenvalue weighted by atomic mass is 10.3. The number of halogens is 2. The van der Waals surface area contributed by atoms with E-state index >= 15 is 0 Å². The van der Waals surface area contributed by atoms with E-state index in [9.17, 15) is 17.6 Å². The summed E-state index contributed by atoms with van der Waals surface area (Å²) in [6.45, 7) is 0.926. The first-order chi connectivity index (χ1) is 13.4. The van der Waals surface area contributed by atoms with Crippen LogP contribution in [0.15, 0.2) is 58.3 Å². The molecule has 2 aromatic rings. The first-order valence-electron chi connectivity index (χ1n) is 8.79. The molecular weight excluding hydrogens is 423 g/mol. The van der Waals surface area contributed by atoms with Crippen LogP contribution >= 0.6 is 23.4 Å². The highest BCUT2D eigenvalue weighted by Crippen LogP contribution is 2.23. The molecule has 1 saturated heterocycles. The van der Waals surface area contributed by atoms with Gasteiger partial charge in [0.2, 0.25) is 15.9 Å². The molecule has 0 spiro atoms. The molecule has 0 N–H and O–H groups in total. The lowest BCUT2D eigenvalue weighted by molar-refractivity contribution is -0.131. The van der Waals surface area contributed by atoms with E-state index in [2.05, 4.69) is 0 Å². The third-order valence-electron chi connectivity index (χ3n) is 4.44. The molecule has 28 heavy (non-hydrogen) atoms. The normalized spacial score (nSPS) is 15.6. The van der Waals surface area contributed by atoms with Crippen molar-refractivity contribution in [2.24, 2.45) is 0 Å². The molecule has 9 heteroatoms. The Morgan fingerprint density at radius 3 is 2.32 bits per heavy atom. The molecule has 2 aromatic carbocycles. The second kappa shape index (κ2) is 9.26. The molecule has 3 rings (SSSR count). The van der Waals surface area contributed by atoms with Gasteiger partial charge in [0.15, 0.2) is 0 Å². The van der Waals surface area contributed by atoms with E-state index in [0.717, 1.165) is 11.0 Å². The van der Waals surface area contributed by atoms with Crippen molar-refractivity contribution in [2.45, 2.75) is 16.2 Å². The second-order valence-electron chi connectivity index (χ2n) is 6.27. The number of nitrogens with zero attached hydrogens (tertiary/aromatic N) is 2. The zero-order valence-corrected chi connectivity index (χ0v) is 17.4. The fourth-order valence-electron chi connectivity index (χ4n) is 2.92. The summed E-state index contributed by atoms with van der Waals surface area (Å²) in [5.41, 5.74) is 0. The van der Waals surface area contributed by atoms with Crippen LogP contribution in [0.3, 0.4) is 0 Å². The van der Waals surface area contributed by atoms with Gasteiger partial charge < -0.3 is 4.90 Å². The SMILES string of the molecule is O=C(CCSc1ccc(Cl)cc1)N1CCN(S(=O)(=O)c2ccccc2F)CC1. The predicted octanol–water partition coefficient (Wildman–Crippen LogP) is 3.49. The van der Waals surface area contributed by atoms with Gasteiger partial charge in [-0.3, -0.25) is 4.79 Å². The Kier molecular flexibility index (Phi) is 6.98. The molecule has 1 aliphatic heterocycles. The number of carbonyl (C=O) groups is 1. The maximum Gasteiger partial charge on any atom is 0.246 e. The topological polar surface area (TPSA) is 57.7 Å². The van der Waals surface area contributed by atoms with Gasteiger partial charge in [-0.25, -0.2) is 12.8 Å². The zero-order valence-electron chi connectivity index (χ0n) is 15.1. The quantitative estimate of drug-likeness (QED) is 0.642. The van der Waals surface area contributed by atoms with Crippen LogP contribution in [-0.4, -0.2) is 55.5 Å². The lowest BCUT2D eigenvalue weighted by Gasteiger charge is -2.34. The fourth-order valence-corrected chi connectivity index (χ4v) is 5.37. The smallest absolute Gasteiger partial charge is 0.246 e. The molecule has 0 aromatic heterocycles. The number of carbonyl (C=O) groups excluding carboxylic acids is 1. The van der Waals surface area contributed by atoms with E-state index in [-0.39, 0.29) is 23.9 Å². The van der Waals surface area contributed by atoms with Gasteiger partial charge in [0.1, 0.15) is 10.7 Å². The summed E-state index contributed by atoms with van der Waals surface area (Å²) in [6.07, 6.45) is 0.368. The van der Waals surface area contributed by atoms with Gasteiger partial charge in [-0.05, 0) is 36.4 Å². The van der Waals surface area contributed by atoms with Crippen LogP contribution in [0.2, 0.25) is 5.02 Å². The molecule has 1 aliphatic rings. The lowest BCUT2D eigenvalue weighted by Crippen LogP contribution is -2.50. The van der Waals surface area contributed by atoms with Crippen molar-refractivity contribution in [1.29, 1.82) is 0 Å². The van der Waals surface area contributed by atoms with E-state index in [1.165, 1.54) is 22.5 Å². The summed E-state index contributed by atoms with van der Waals surface area (Å²) >= 11 is 7.42. The Morgan fingerprint density at radius 1 is 1.04 bits per heavy atom. The molecule has 0 atom stereocenters. The Labute approximate surface area is 173 Å². The van der Waals surface area contributed by atoms with Crippen molar-refractivity contribution in [3.8, 4) is 0 Å². The molecule has 1 fully saturated rings. The summed E-state index contributed by atoms with van der Waals surface area (Å²) < 4.78 is 40.3. The van der Waals surface area contributed by atoms with E-state index in [4.69, 9.17) is 11.6 Å².